The quantitative estimate of drug-likeness (QED) is 0.647. The maximum absolute atomic E-state index is 6.93. The summed E-state index contributed by atoms with van der Waals surface area (Å²) in [7, 11) is 0. The van der Waals surface area contributed by atoms with Crippen molar-refractivity contribution in [2.75, 3.05) is 18.5 Å². The molecule has 3 N–H and O–H groups in total. The van der Waals surface area contributed by atoms with Gasteiger partial charge in [0, 0.05) is 5.69 Å². The van der Waals surface area contributed by atoms with Gasteiger partial charge in [0.1, 0.15) is 0 Å². The van der Waals surface area contributed by atoms with Crippen molar-refractivity contribution < 1.29 is 5.11 Å². The first-order chi connectivity index (χ1) is 5.33. The molecule has 1 rings (SSSR count). The zero-order valence-corrected chi connectivity index (χ0v) is 6.72. The average molecular weight is 152 g/mol. The molecule has 0 aliphatic carbocycles. The van der Waals surface area contributed by atoms with Crippen molar-refractivity contribution in [1.29, 1.82) is 0 Å². The molecule has 0 aliphatic rings. The molecule has 0 fully saturated rings. The number of aryl methyl sites for hydroxylation is 1. The van der Waals surface area contributed by atoms with Gasteiger partial charge in [0.2, 0.25) is 0 Å². The minimum atomic E-state index is 0.424. The summed E-state index contributed by atoms with van der Waals surface area (Å²) in [6.07, 6.45) is 0. The fourth-order valence-electron chi connectivity index (χ4n) is 0.878. The highest BCUT2D eigenvalue weighted by molar-refractivity contribution is 5.44. The fraction of sp³-hybridized carbons (Fsp3) is 0.333. The highest BCUT2D eigenvalue weighted by Crippen LogP contribution is 2.07. The van der Waals surface area contributed by atoms with Crippen LogP contribution in [0.1, 0.15) is 5.56 Å². The van der Waals surface area contributed by atoms with E-state index in [9.17, 15) is 0 Å². The minimum absolute atomic E-state index is 0.424. The number of nitrogens with one attached hydrogen (secondary N) is 1. The Morgan fingerprint density at radius 3 is 2.45 bits per heavy atom. The molecule has 0 atom stereocenters. The molecular weight excluding hydrogens is 138 g/mol. The maximum Gasteiger partial charge on any atom is 0.161 e. The summed E-state index contributed by atoms with van der Waals surface area (Å²) in [5, 5.41) is 10.1. The summed E-state index contributed by atoms with van der Waals surface area (Å²) in [6, 6.07) is 8.19. The van der Waals surface area contributed by atoms with Crippen LogP contribution in [0.2, 0.25) is 0 Å². The van der Waals surface area contributed by atoms with Gasteiger partial charge in [-0.25, -0.2) is 0 Å². The normalized spacial score (nSPS) is 9.64. The number of anilines is 1. The van der Waals surface area contributed by atoms with Crippen molar-refractivity contribution in [2.45, 2.75) is 6.92 Å². The lowest BCUT2D eigenvalue weighted by Gasteiger charge is -2.01. The fourth-order valence-corrected chi connectivity index (χ4v) is 0.878. The highest BCUT2D eigenvalue weighted by Gasteiger charge is 1.89. The second-order valence-corrected chi connectivity index (χ2v) is 2.54. The smallest absolute Gasteiger partial charge is 0.161 e. The second-order valence-electron chi connectivity index (χ2n) is 2.54. The van der Waals surface area contributed by atoms with E-state index in [0.717, 1.165) is 12.2 Å². The van der Waals surface area contributed by atoms with Crippen LogP contribution >= 0.6 is 0 Å². The number of hydrogen-bond acceptors (Lipinski definition) is 1. The monoisotopic (exact) mass is 152 g/mol. The Morgan fingerprint density at radius 1 is 1.27 bits per heavy atom. The molecule has 0 unspecified atom stereocenters. The molecule has 0 saturated heterocycles. The van der Waals surface area contributed by atoms with E-state index in [0.29, 0.717) is 6.61 Å². The second kappa shape index (κ2) is 3.98. The van der Waals surface area contributed by atoms with Crippen molar-refractivity contribution >= 4 is 5.69 Å². The highest BCUT2D eigenvalue weighted by atomic mass is 16.3. The van der Waals surface area contributed by atoms with Crippen molar-refractivity contribution in [3.05, 3.63) is 29.8 Å². The Labute approximate surface area is 66.9 Å². The van der Waals surface area contributed by atoms with Crippen LogP contribution in [-0.4, -0.2) is 18.3 Å². The van der Waals surface area contributed by atoms with Gasteiger partial charge in [0.25, 0.3) is 0 Å². The van der Waals surface area contributed by atoms with Crippen LogP contribution in [0.25, 0.3) is 0 Å². The van der Waals surface area contributed by atoms with E-state index >= 15 is 0 Å². The van der Waals surface area contributed by atoms with Crippen molar-refractivity contribution in [3.63, 3.8) is 0 Å². The van der Waals surface area contributed by atoms with Gasteiger partial charge in [-0.15, -0.1) is 0 Å². The zero-order valence-electron chi connectivity index (χ0n) is 6.72. The number of benzene rings is 1. The molecule has 1 aromatic rings. The Bertz CT molecular complexity index is 205. The van der Waals surface area contributed by atoms with Crippen LogP contribution in [0.5, 0.6) is 0 Å². The van der Waals surface area contributed by atoms with Crippen LogP contribution in [0.3, 0.4) is 0 Å². The molecule has 2 nitrogen and oxygen atoms in total. The number of rotatable bonds is 3. The molecule has 2 heteroatoms. The summed E-state index contributed by atoms with van der Waals surface area (Å²) < 4.78 is 0. The first kappa shape index (κ1) is 8.08. The lowest BCUT2D eigenvalue weighted by molar-refractivity contribution is 0.311. The maximum atomic E-state index is 6.93. The molecule has 60 valence electrons. The molecule has 0 saturated carbocycles. The van der Waals surface area contributed by atoms with Crippen molar-refractivity contribution in [3.8, 4) is 0 Å². The summed E-state index contributed by atoms with van der Waals surface area (Å²) in [5.41, 5.74) is 2.37. The summed E-state index contributed by atoms with van der Waals surface area (Å²) in [6.45, 7) is 3.21. The average Bonchev–Trinajstić information content (AvgIpc) is 2.04. The Morgan fingerprint density at radius 2 is 1.91 bits per heavy atom. The topological polar surface area (TPSA) is 34.9 Å². The first-order valence-electron chi connectivity index (χ1n) is 3.78. The molecule has 0 aromatic heterocycles. The van der Waals surface area contributed by atoms with Gasteiger partial charge in [0.05, 0.1) is 6.54 Å². The van der Waals surface area contributed by atoms with Crippen LogP contribution in [0.4, 0.5) is 5.69 Å². The SMILES string of the molecule is Cc1ccc(NCC[OH2+])cc1. The van der Waals surface area contributed by atoms with Gasteiger partial charge in [-0.1, -0.05) is 17.7 Å². The van der Waals surface area contributed by atoms with Crippen LogP contribution in [0.15, 0.2) is 24.3 Å². The standard InChI is InChI=1S/C9H13NO/c1-8-2-4-9(5-3-8)10-6-7-11/h2-5,10-11H,6-7H2,1H3/p+1. The van der Waals surface area contributed by atoms with Crippen LogP contribution in [-0.2, 0) is 0 Å². The third-order valence-corrected chi connectivity index (χ3v) is 1.51. The van der Waals surface area contributed by atoms with Gasteiger partial charge < -0.3 is 10.4 Å². The minimum Gasteiger partial charge on any atom is -0.444 e. The van der Waals surface area contributed by atoms with E-state index in [4.69, 9.17) is 5.11 Å². The van der Waals surface area contributed by atoms with E-state index in [2.05, 4.69) is 24.4 Å². The molecule has 0 spiro atoms. The van der Waals surface area contributed by atoms with E-state index in [-0.39, 0.29) is 0 Å². The predicted octanol–water partition coefficient (Wildman–Crippen LogP) is 1.13. The van der Waals surface area contributed by atoms with Gasteiger partial charge >= 0.3 is 0 Å². The third kappa shape index (κ3) is 2.60. The van der Waals surface area contributed by atoms with Crippen LogP contribution < -0.4 is 5.32 Å². The van der Waals surface area contributed by atoms with Crippen LogP contribution in [0, 0.1) is 6.92 Å². The Balaban J connectivity index is 2.52. The van der Waals surface area contributed by atoms with E-state index in [1.165, 1.54) is 5.56 Å². The predicted molar refractivity (Wildman–Crippen MR) is 48.1 cm³/mol. The lowest BCUT2D eigenvalue weighted by atomic mass is 10.2. The van der Waals surface area contributed by atoms with E-state index in [1.807, 2.05) is 12.1 Å². The zero-order chi connectivity index (χ0) is 8.10. The van der Waals surface area contributed by atoms with Crippen molar-refractivity contribution in [1.82, 2.24) is 0 Å². The molecule has 0 radical (unpaired) electrons. The summed E-state index contributed by atoms with van der Waals surface area (Å²) in [4.78, 5) is 0. The largest absolute Gasteiger partial charge is 0.444 e. The molecule has 0 amide bonds. The van der Waals surface area contributed by atoms with Gasteiger partial charge in [-0.2, -0.15) is 0 Å². The molecular formula is C9H14NO+. The molecule has 11 heavy (non-hydrogen) atoms. The Kier molecular flexibility index (Phi) is 2.93. The third-order valence-electron chi connectivity index (χ3n) is 1.51. The van der Waals surface area contributed by atoms with Gasteiger partial charge in [-0.3, -0.25) is 0 Å². The Hall–Kier alpha value is -1.02. The lowest BCUT2D eigenvalue weighted by Crippen LogP contribution is -2.04. The van der Waals surface area contributed by atoms with E-state index < -0.39 is 0 Å². The molecule has 0 bridgehead atoms. The van der Waals surface area contributed by atoms with Crippen molar-refractivity contribution in [2.24, 2.45) is 0 Å². The van der Waals surface area contributed by atoms with E-state index in [1.54, 1.807) is 0 Å². The van der Waals surface area contributed by atoms with Gasteiger partial charge in [-0.05, 0) is 19.1 Å². The summed E-state index contributed by atoms with van der Waals surface area (Å²) >= 11 is 0. The molecule has 0 heterocycles. The molecule has 1 aromatic carbocycles. The van der Waals surface area contributed by atoms with Gasteiger partial charge in [0.15, 0.2) is 6.61 Å². The number of hydrogen-bond donors (Lipinski definition) is 1. The molecule has 0 aliphatic heterocycles. The first-order valence-corrected chi connectivity index (χ1v) is 3.78. The summed E-state index contributed by atoms with van der Waals surface area (Å²) in [5.74, 6) is 0.